The highest BCUT2D eigenvalue weighted by Gasteiger charge is 2.41. The molecule has 43 heteroatoms. The molecular formula is C76H109N17O26. The summed E-state index contributed by atoms with van der Waals surface area (Å²) in [5.41, 5.74) is 11.6. The number of nitrogen functional groups attached to an aromatic ring is 1. The summed E-state index contributed by atoms with van der Waals surface area (Å²) in [5, 5.41) is 82.0. The van der Waals surface area contributed by atoms with Gasteiger partial charge in [-0.3, -0.25) is 91.1 Å². The minimum atomic E-state index is -2.45. The number of fused-ring (bicyclic) bond motifs is 1. The monoisotopic (exact) mass is 1680 g/mol. The minimum absolute atomic E-state index is 0.0119. The van der Waals surface area contributed by atoms with Gasteiger partial charge in [-0.25, -0.2) is 4.79 Å². The number of carboxylic acids is 4. The third-order valence-electron chi connectivity index (χ3n) is 18.4. The van der Waals surface area contributed by atoms with Crippen molar-refractivity contribution in [1.82, 2.24) is 79.4 Å². The van der Waals surface area contributed by atoms with Gasteiger partial charge in [0.2, 0.25) is 82.7 Å². The van der Waals surface area contributed by atoms with E-state index in [1.807, 2.05) is 16.0 Å². The fraction of sp³-hybridized carbons (Fsp3) is 0.553. The molecule has 0 radical (unpaired) electrons. The van der Waals surface area contributed by atoms with Gasteiger partial charge in [0.1, 0.15) is 72.6 Å². The Labute approximate surface area is 683 Å². The molecule has 0 bridgehead atoms. The Hall–Kier alpha value is -12.7. The molecule has 1 aliphatic heterocycles. The summed E-state index contributed by atoms with van der Waals surface area (Å²) >= 11 is 0. The van der Waals surface area contributed by atoms with E-state index in [9.17, 15) is 121 Å². The number of nitrogens with one attached hydrogen (secondary N) is 15. The number of aliphatic hydroxyl groups is 1. The first-order valence-electron chi connectivity index (χ1n) is 38.5. The molecule has 1 fully saturated rings. The van der Waals surface area contributed by atoms with E-state index in [2.05, 4.69) is 70.4 Å². The zero-order chi connectivity index (χ0) is 89.0. The highest BCUT2D eigenvalue weighted by molar-refractivity contribution is 6.05. The number of carbonyl (C=O) groups is 20. The molecule has 1 aromatic heterocycles. The number of carboxylic acid groups (broad SMARTS) is 4. The Morgan fingerprint density at radius 3 is 1.68 bits per heavy atom. The SMILES string of the molecule is CCCCCCCCCC(=O)N[C@@H](Cc1c[nH]c2ccccc12)C(=O)N[C@@H](CC(=O)NC(C)(C)C)C(=O)N[C@@H](CC(=O)O)C(=O)N[C@@H]1C(=O)NCC(=O)N[C@@H](CCCN)C(=O)N[C@@H](CC(=O)O)C(=O)N[C@H](C)C(=O)N[C@@H](CC(=O)O)C(=O)NCC(=O)N[C@H](CO)C(=O)N[C@@H](C(C)CC(=O)O)C(=O)N[C@@H](CC(=O)c2ccccc2N)C(=O)O[C@@H]1C. The average molecular weight is 1680 g/mol. The molecule has 43 nitrogen and oxygen atoms in total. The minimum Gasteiger partial charge on any atom is -0.481 e. The Kier molecular flexibility index (Phi) is 40.4. The van der Waals surface area contributed by atoms with Crippen LogP contribution in [0.15, 0.2) is 54.7 Å². The number of Topliss-reactive ketones (excluding diaryl/α,β-unsaturated/α-hetero) is 1. The predicted molar refractivity (Wildman–Crippen MR) is 419 cm³/mol. The molecule has 1 unspecified atom stereocenters. The van der Waals surface area contributed by atoms with Crippen molar-refractivity contribution in [2.24, 2.45) is 11.7 Å². The fourth-order valence-corrected chi connectivity index (χ4v) is 12.2. The molecule has 0 aliphatic carbocycles. The number of aliphatic carboxylic acids is 4. The normalized spacial score (nSPS) is 21.0. The summed E-state index contributed by atoms with van der Waals surface area (Å²) in [6.07, 6.45) is -2.13. The molecule has 1 aliphatic rings. The van der Waals surface area contributed by atoms with Crippen LogP contribution in [-0.2, 0) is 102 Å². The molecule has 1 saturated heterocycles. The zero-order valence-electron chi connectivity index (χ0n) is 67.0. The van der Waals surface area contributed by atoms with Crippen molar-refractivity contribution in [2.45, 2.75) is 236 Å². The van der Waals surface area contributed by atoms with Crippen molar-refractivity contribution in [2.75, 3.05) is 32.0 Å². The molecule has 3 aromatic rings. The maximum absolute atomic E-state index is 15.0. The second-order valence-corrected chi connectivity index (χ2v) is 29.6. The van der Waals surface area contributed by atoms with E-state index in [0.717, 1.165) is 52.9 Å². The number of ketones is 1. The lowest BCUT2D eigenvalue weighted by molar-refractivity contribution is -0.156. The largest absolute Gasteiger partial charge is 0.481 e. The summed E-state index contributed by atoms with van der Waals surface area (Å²) < 4.78 is 5.73. The Morgan fingerprint density at radius 1 is 0.546 bits per heavy atom. The van der Waals surface area contributed by atoms with Gasteiger partial charge in [0.05, 0.1) is 51.8 Å². The van der Waals surface area contributed by atoms with E-state index in [0.29, 0.717) is 29.3 Å². The number of aliphatic hydroxyl groups excluding tert-OH is 1. The summed E-state index contributed by atoms with van der Waals surface area (Å²) in [7, 11) is 0. The van der Waals surface area contributed by atoms with E-state index >= 15 is 0 Å². The molecule has 654 valence electrons. The van der Waals surface area contributed by atoms with Gasteiger partial charge in [0.25, 0.3) is 0 Å². The number of para-hydroxylation sites is 2. The van der Waals surface area contributed by atoms with Gasteiger partial charge < -0.3 is 121 Å². The summed E-state index contributed by atoms with van der Waals surface area (Å²) in [5.74, 6) is -29.2. The first-order chi connectivity index (χ1) is 56.0. The fourth-order valence-electron chi connectivity index (χ4n) is 12.2. The smallest absolute Gasteiger partial charge is 0.329 e. The van der Waals surface area contributed by atoms with Crippen LogP contribution in [0.25, 0.3) is 10.9 Å². The van der Waals surface area contributed by atoms with Crippen LogP contribution in [0, 0.1) is 5.92 Å². The topological polar surface area (TPSA) is 688 Å². The van der Waals surface area contributed by atoms with Gasteiger partial charge in [-0.05, 0) is 90.1 Å². The standard InChI is InChI=1S/C76H109N17O26/c1-8-9-10-11-12-13-14-25-55(96)84-47(28-41-34-79-45-23-18-16-20-42(41)45)69(112)87-48(30-56(97)93-76(5,6)7)70(113)89-51(33-62(106)107)71(114)92-64-40(4)119-75(118)52(29-54(95)43-21-15-17-22-44(43)78)90-74(117)63(38(2)27-59(100)101)91-72(115)53(37-94)85-58(99)35-80-66(109)49(31-60(102)103)86-65(108)39(3)82-68(111)50(32-61(104)105)88-67(110)46(24-19-26-77)83-57(98)36-81-73(64)116/h15-18,20-23,34,38-40,46-53,63-64,79,94H,8-14,19,24-33,35-37,77-78H2,1-7H3,(H,80,109)(H,81,116)(H,82,111)(H,83,98)(H,84,96)(H,85,99)(H,86,108)(H,87,112)(H,88,110)(H,89,113)(H,90,117)(H,91,115)(H,92,114)(H,93,97)(H,100,101)(H,102,103)(H,104,105)(H,106,107)/t38?,39-,40-,46+,47+,48+,49+,50+,51+,52+,53-,63+,64+/m1/s1. The maximum atomic E-state index is 15.0. The highest BCUT2D eigenvalue weighted by atomic mass is 16.5. The van der Waals surface area contributed by atoms with Crippen molar-refractivity contribution in [3.63, 3.8) is 0 Å². The second kappa shape index (κ2) is 48.7. The second-order valence-electron chi connectivity index (χ2n) is 29.6. The first-order valence-corrected chi connectivity index (χ1v) is 38.5. The molecule has 13 atom stereocenters. The summed E-state index contributed by atoms with van der Waals surface area (Å²) in [6, 6.07) is -10.4. The molecular weight excluding hydrogens is 1570 g/mol. The van der Waals surface area contributed by atoms with Crippen LogP contribution in [0.4, 0.5) is 5.69 Å². The molecule has 4 rings (SSSR count). The third-order valence-corrected chi connectivity index (χ3v) is 18.4. The van der Waals surface area contributed by atoms with Crippen molar-refractivity contribution >= 4 is 135 Å². The predicted octanol–water partition coefficient (Wildman–Crippen LogP) is -4.19. The number of rotatable bonds is 35. The number of hydrogen-bond donors (Lipinski definition) is 22. The molecule has 0 saturated carbocycles. The Bertz CT molecular complexity index is 4170. The number of ether oxygens (including phenoxy) is 1. The molecule has 2 heterocycles. The summed E-state index contributed by atoms with van der Waals surface area (Å²) in [4.78, 5) is 279. The lowest BCUT2D eigenvalue weighted by Gasteiger charge is -2.30. The van der Waals surface area contributed by atoms with Crippen LogP contribution in [0.1, 0.15) is 167 Å². The van der Waals surface area contributed by atoms with Gasteiger partial charge in [0, 0.05) is 53.2 Å². The molecule has 14 amide bonds. The number of unbranched alkanes of at least 4 members (excludes halogenated alkanes) is 6. The number of anilines is 1. The maximum Gasteiger partial charge on any atom is 0.329 e. The van der Waals surface area contributed by atoms with Crippen molar-refractivity contribution in [1.29, 1.82) is 0 Å². The highest BCUT2D eigenvalue weighted by Crippen LogP contribution is 2.22. The van der Waals surface area contributed by atoms with Crippen LogP contribution in [-0.4, -0.2) is 253 Å². The van der Waals surface area contributed by atoms with E-state index in [1.165, 1.54) is 24.3 Å². The average Bonchev–Trinajstić information content (AvgIpc) is 1.81. The van der Waals surface area contributed by atoms with Gasteiger partial charge in [-0.2, -0.15) is 0 Å². The van der Waals surface area contributed by atoms with Gasteiger partial charge in [-0.1, -0.05) is 82.7 Å². The van der Waals surface area contributed by atoms with Gasteiger partial charge >= 0.3 is 29.8 Å². The van der Waals surface area contributed by atoms with Gasteiger partial charge in [0.15, 0.2) is 5.78 Å². The number of aromatic nitrogens is 1. The Morgan fingerprint density at radius 2 is 1.08 bits per heavy atom. The number of H-pyrrole nitrogens is 1. The molecule has 0 spiro atoms. The number of aromatic amines is 1. The lowest BCUT2D eigenvalue weighted by atomic mass is 9.96. The van der Waals surface area contributed by atoms with Crippen LogP contribution in [0.2, 0.25) is 0 Å². The molecule has 24 N–H and O–H groups in total. The number of hydrogen-bond acceptors (Lipinski definition) is 24. The van der Waals surface area contributed by atoms with Crippen LogP contribution in [0.3, 0.4) is 0 Å². The van der Waals surface area contributed by atoms with E-state index in [-0.39, 0.29) is 37.1 Å². The molecule has 2 aromatic carbocycles. The van der Waals surface area contributed by atoms with E-state index in [1.54, 1.807) is 51.2 Å². The lowest BCUT2D eigenvalue weighted by Crippen LogP contribution is -2.62. The Balaban J connectivity index is 1.92. The number of esters is 1. The summed E-state index contributed by atoms with van der Waals surface area (Å²) in [6.45, 7) is 5.90. The third kappa shape index (κ3) is 34.6. The number of nitrogens with two attached hydrogens (primary N) is 2. The number of amides is 14. The zero-order valence-corrected chi connectivity index (χ0v) is 67.0. The first kappa shape index (κ1) is 98.7. The van der Waals surface area contributed by atoms with Crippen molar-refractivity contribution in [3.05, 3.63) is 65.9 Å². The number of cyclic esters (lactones) is 1. The van der Waals surface area contributed by atoms with Crippen molar-refractivity contribution < 1.29 is 126 Å². The number of carbonyl (C=O) groups excluding carboxylic acids is 16. The van der Waals surface area contributed by atoms with E-state index < -0.39 is 267 Å². The molecule has 119 heavy (non-hydrogen) atoms. The van der Waals surface area contributed by atoms with Crippen molar-refractivity contribution in [3.8, 4) is 0 Å². The number of benzene rings is 2. The van der Waals surface area contributed by atoms with Crippen LogP contribution < -0.4 is 85.9 Å². The van der Waals surface area contributed by atoms with Gasteiger partial charge in [-0.15, -0.1) is 0 Å². The van der Waals surface area contributed by atoms with Crippen LogP contribution in [0.5, 0.6) is 0 Å². The quantitative estimate of drug-likeness (QED) is 0.0115. The van der Waals surface area contributed by atoms with E-state index in [4.69, 9.17) is 16.2 Å². The van der Waals surface area contributed by atoms with Crippen LogP contribution >= 0.6 is 0 Å².